The van der Waals surface area contributed by atoms with Crippen LogP contribution >= 0.6 is 37.2 Å². The molecule has 3 aliphatic heterocycles. The minimum absolute atomic E-state index is 0.00525. The minimum atomic E-state index is -1.49. The Bertz CT molecular complexity index is 3120. The van der Waals surface area contributed by atoms with Crippen LogP contribution < -0.4 is 66.4 Å². The molecule has 3 rings (SSSR count). The Hall–Kier alpha value is -4.07. The van der Waals surface area contributed by atoms with Gasteiger partial charge in [-0.2, -0.15) is 0 Å². The molecule has 10 amide bonds. The Morgan fingerprint density at radius 1 is 0.301 bits per heavy atom. The number of unbranched alkanes of at least 4 members (excludes halogenated alkanes) is 19. The summed E-state index contributed by atoms with van der Waals surface area (Å²) in [6.07, 6.45) is 7.01. The number of amides is 10. The van der Waals surface area contributed by atoms with Crippen molar-refractivity contribution in [3.63, 3.8) is 0 Å². The van der Waals surface area contributed by atoms with Crippen LogP contribution in [0.2, 0.25) is 0 Å². The van der Waals surface area contributed by atoms with Crippen molar-refractivity contribution in [2.45, 2.75) is 324 Å². The van der Waals surface area contributed by atoms with E-state index in [2.05, 4.69) is 104 Å². The third-order valence-corrected chi connectivity index (χ3v) is 21.9. The van der Waals surface area contributed by atoms with E-state index in [1.54, 1.807) is 0 Å². The second-order valence-corrected chi connectivity index (χ2v) is 49.5. The van der Waals surface area contributed by atoms with E-state index < -0.39 is 190 Å². The number of nitrogens with one attached hydrogen (secondary N) is 10. The normalized spacial score (nSPS) is 22.2. The summed E-state index contributed by atoms with van der Waals surface area (Å²) in [5.41, 5.74) is 0. The van der Waals surface area contributed by atoms with E-state index in [9.17, 15) is 93.9 Å². The van der Waals surface area contributed by atoms with Crippen molar-refractivity contribution in [3.8, 4) is 0 Å². The van der Waals surface area contributed by atoms with Crippen molar-refractivity contribution < 1.29 is 178 Å². The van der Waals surface area contributed by atoms with E-state index in [4.69, 9.17) is 71.1 Å². The molecule has 0 bridgehead atoms. The quantitative estimate of drug-likeness (QED) is 0.0209. The third kappa shape index (κ3) is 61.8. The molecule has 0 aliphatic carbocycles. The van der Waals surface area contributed by atoms with Gasteiger partial charge in [0.15, 0.2) is 18.9 Å². The van der Waals surface area contributed by atoms with Gasteiger partial charge >= 0.3 is 50.5 Å². The van der Waals surface area contributed by atoms with Crippen LogP contribution in [0.25, 0.3) is 0 Å². The fraction of sp³-hybridized carbons (Fsp3) is 0.888. The van der Waals surface area contributed by atoms with Gasteiger partial charge in [0, 0.05) is 53.4 Å². The summed E-state index contributed by atoms with van der Waals surface area (Å²) in [7, 11) is 0. The van der Waals surface area contributed by atoms with Crippen LogP contribution in [0.4, 0.5) is 0 Å². The second kappa shape index (κ2) is 84.3. The standard InChI is InChI=1S/C89H164N10O34.I3/c1-6-8-10-12-13-14-15-16-17-18-19-20-22-33-71(106)90-34-27-23-30-65(84(116)93-37-26-21-11-9-7-2)98-86(118)67(32-25-29-36-92-73(108)60-126-48-45-120-39-42-123-51-54-129-88-76(95-63(4)104)82(114)79(111)69(57-101)132-88)99-85(117)66(97-74(109)61-127-49-46-121-40-43-124-52-55-130-89-77(96-64(5)105)83(115)80(112)70(58-102)133-89)31-24-28-35-91-72(107)59-125-47-44-119-38-41-122-50-53-128-87-75(94-62(3)103)81(113)78(110)68(56-100)131-87;1-3-2/h65-70,75-83,87-89,100-102,110-115H,6-61H2,1-5H3,(H,90,106)(H,91,107)(H,92,108)(H,93,116)(H,94,103)(H,95,104)(H,96,105)(H,97,109)(H,98,118)(H,99,117);/q;-1/t65-,66-,67-,68+,69+,70+,75+,76+,77+,78-,79-,80-,81+,82+,83+,87+,88+,89+;/m0./s1. The molecule has 0 spiro atoms. The molecule has 3 fully saturated rings. The summed E-state index contributed by atoms with van der Waals surface area (Å²) in [4.78, 5) is 132. The molecule has 3 heterocycles. The molecule has 0 aromatic carbocycles. The SMILES string of the molecule is CCCCCCCCCCCCCCCC(=O)NCCCC[C@H](NC(=O)[C@H](CCCCNC(=O)COCCOCCOCCO[C@@H]1O[C@H](CO)[C@H](O)[C@H](O)[C@H]1NC(C)=O)NC(=O)[C@H](CCCCNC(=O)COCCOCCOCCO[C@@H]1O[C@H](CO)[C@H](O)[C@H](O)[C@H]1NC(C)=O)NC(=O)COCCOCCOCCO[C@@H]1O[C@H](CO)[C@H](O)[C@H](O)[C@H]1NC(C)=O)C(=O)NCCCCCCC.I[I-]I. The first-order valence-corrected chi connectivity index (χ1v) is 60.9. The number of ether oxygens (including phenoxy) is 15. The van der Waals surface area contributed by atoms with Gasteiger partial charge < -0.3 is 170 Å². The Labute approximate surface area is 831 Å². The molecule has 3 aliphatic rings. The van der Waals surface area contributed by atoms with Crippen LogP contribution in [0.5, 0.6) is 0 Å². The molecule has 19 N–H and O–H groups in total. The zero-order chi connectivity index (χ0) is 100. The number of rotatable bonds is 83. The van der Waals surface area contributed by atoms with Crippen molar-refractivity contribution in [1.82, 2.24) is 53.2 Å². The Balaban J connectivity index is 0.0000206. The van der Waals surface area contributed by atoms with E-state index in [0.717, 1.165) is 51.4 Å². The average Bonchev–Trinajstić information content (AvgIpc) is 0.816. The maximum absolute atomic E-state index is 14.8. The van der Waals surface area contributed by atoms with Crippen molar-refractivity contribution in [2.24, 2.45) is 0 Å². The van der Waals surface area contributed by atoms with Crippen molar-refractivity contribution >= 4 is 96.3 Å². The third-order valence-electron chi connectivity index (χ3n) is 21.9. The first-order valence-electron chi connectivity index (χ1n) is 48.3. The van der Waals surface area contributed by atoms with E-state index >= 15 is 0 Å². The van der Waals surface area contributed by atoms with E-state index in [1.165, 1.54) is 78.6 Å². The number of aliphatic hydroxyl groups is 9. The van der Waals surface area contributed by atoms with Gasteiger partial charge in [-0.3, -0.25) is 47.9 Å². The molecule has 0 aromatic heterocycles. The molecule has 0 aromatic rings. The number of carbonyl (C=O) groups excluding carboxylic acids is 10. The van der Waals surface area contributed by atoms with Crippen LogP contribution in [0.15, 0.2) is 0 Å². The van der Waals surface area contributed by atoms with Crippen molar-refractivity contribution in [2.75, 3.05) is 185 Å². The maximum atomic E-state index is 14.8. The van der Waals surface area contributed by atoms with Crippen LogP contribution in [0.3, 0.4) is 0 Å². The zero-order valence-electron chi connectivity index (χ0n) is 80.4. The molecule has 47 heteroatoms. The molecular formula is C89H164I3N10O34-. The van der Waals surface area contributed by atoms with Crippen LogP contribution in [0, 0.1) is 0 Å². The summed E-state index contributed by atoms with van der Waals surface area (Å²) in [5, 5.41) is 119. The molecule has 3 saturated heterocycles. The van der Waals surface area contributed by atoms with Gasteiger partial charge in [0.2, 0.25) is 59.1 Å². The fourth-order valence-corrected chi connectivity index (χ4v) is 14.6. The molecule has 796 valence electrons. The number of hydrogen-bond acceptors (Lipinski definition) is 34. The second-order valence-electron chi connectivity index (χ2n) is 33.3. The average molecular weight is 2300 g/mol. The molecule has 44 nitrogen and oxygen atoms in total. The summed E-state index contributed by atoms with van der Waals surface area (Å²) in [5.74, 6) is -5.01. The van der Waals surface area contributed by atoms with E-state index in [1.807, 2.05) is 0 Å². The van der Waals surface area contributed by atoms with Gasteiger partial charge in [0.25, 0.3) is 0 Å². The Kier molecular flexibility index (Phi) is 79.3. The number of hydrogen-bond donors (Lipinski definition) is 19. The summed E-state index contributed by atoms with van der Waals surface area (Å²) < 4.78 is 83.7. The molecular weight excluding hydrogens is 2130 g/mol. The zero-order valence-corrected chi connectivity index (χ0v) is 86.8. The predicted molar refractivity (Wildman–Crippen MR) is 508 cm³/mol. The van der Waals surface area contributed by atoms with Crippen LogP contribution in [-0.4, -0.2) is 400 Å². The van der Waals surface area contributed by atoms with Crippen LogP contribution in [0.1, 0.15) is 214 Å². The van der Waals surface area contributed by atoms with Gasteiger partial charge in [-0.25, -0.2) is 0 Å². The first kappa shape index (κ1) is 128. The molecule has 0 unspecified atom stereocenters. The molecule has 0 radical (unpaired) electrons. The Morgan fingerprint density at radius 3 is 0.860 bits per heavy atom. The number of carbonyl (C=O) groups is 10. The van der Waals surface area contributed by atoms with Gasteiger partial charge in [0.05, 0.1) is 139 Å². The summed E-state index contributed by atoms with van der Waals surface area (Å²) in [6.45, 7) is 7.13. The van der Waals surface area contributed by atoms with Crippen molar-refractivity contribution in [1.29, 1.82) is 0 Å². The van der Waals surface area contributed by atoms with E-state index in [-0.39, 0.29) is 183 Å². The van der Waals surface area contributed by atoms with Gasteiger partial charge in [-0.15, -0.1) is 0 Å². The molecule has 136 heavy (non-hydrogen) atoms. The molecule has 0 saturated carbocycles. The molecule has 18 atom stereocenters. The van der Waals surface area contributed by atoms with Gasteiger partial charge in [-0.1, -0.05) is 117 Å². The Morgan fingerprint density at radius 2 is 0.551 bits per heavy atom. The number of halogens is 3. The van der Waals surface area contributed by atoms with E-state index in [0.29, 0.717) is 64.9 Å². The van der Waals surface area contributed by atoms with Crippen molar-refractivity contribution in [3.05, 3.63) is 0 Å². The first-order chi connectivity index (χ1) is 65.7. The fourth-order valence-electron chi connectivity index (χ4n) is 14.6. The predicted octanol–water partition coefficient (Wildman–Crippen LogP) is -3.33. The monoisotopic (exact) mass is 2300 g/mol. The summed E-state index contributed by atoms with van der Waals surface area (Å²) >= 11 is 5.30. The number of aliphatic hydroxyl groups excluding tert-OH is 9. The topological polar surface area (TPSA) is 612 Å². The van der Waals surface area contributed by atoms with Gasteiger partial charge in [-0.05, 0) is 70.6 Å². The van der Waals surface area contributed by atoms with Crippen LogP contribution in [-0.2, 0) is 119 Å². The van der Waals surface area contributed by atoms with Gasteiger partial charge in [0.1, 0.15) is 111 Å². The summed E-state index contributed by atoms with van der Waals surface area (Å²) in [6, 6.07) is -6.95.